The van der Waals surface area contributed by atoms with Crippen LogP contribution in [0.4, 0.5) is 0 Å². The minimum absolute atomic E-state index is 0. The van der Waals surface area contributed by atoms with Crippen molar-refractivity contribution in [2.24, 2.45) is 5.92 Å². The van der Waals surface area contributed by atoms with Gasteiger partial charge < -0.3 is 15.7 Å². The molecule has 142 valence electrons. The van der Waals surface area contributed by atoms with Crippen LogP contribution >= 0.6 is 11.8 Å². The number of ether oxygens (including phenoxy) is 1. The van der Waals surface area contributed by atoms with Crippen LogP contribution in [0.25, 0.3) is 5.57 Å². The second kappa shape index (κ2) is 15.5. The number of nitrogens with zero attached hydrogens (tertiary/aromatic N) is 1. The van der Waals surface area contributed by atoms with E-state index in [0.717, 1.165) is 28.7 Å². The molecular formula is C19H37NO3S. The maximum absolute atomic E-state index is 5.94. The topological polar surface area (TPSA) is 85.1 Å². The Labute approximate surface area is 152 Å². The summed E-state index contributed by atoms with van der Waals surface area (Å²) in [6, 6.07) is 2.11. The molecule has 5 heteroatoms. The smallest absolute Gasteiger partial charge is 0.139 e. The van der Waals surface area contributed by atoms with Crippen LogP contribution in [0.2, 0.25) is 0 Å². The summed E-state index contributed by atoms with van der Waals surface area (Å²) in [6.45, 7) is 18.4. The third kappa shape index (κ3) is 8.71. The number of rotatable bonds is 5. The fraction of sp³-hybridized carbons (Fsp3) is 0.632. The van der Waals surface area contributed by atoms with Crippen molar-refractivity contribution in [2.45, 2.75) is 72.3 Å². The van der Waals surface area contributed by atoms with Gasteiger partial charge in [-0.05, 0) is 43.1 Å². The number of hydrogen-bond acceptors (Lipinski definition) is 3. The molecule has 0 aromatic carbocycles. The first-order valence-electron chi connectivity index (χ1n) is 8.55. The fourth-order valence-electron chi connectivity index (χ4n) is 2.19. The van der Waals surface area contributed by atoms with Crippen molar-refractivity contribution >= 4 is 17.3 Å². The van der Waals surface area contributed by atoms with E-state index in [1.165, 1.54) is 17.7 Å². The van der Waals surface area contributed by atoms with Gasteiger partial charge in [0.25, 0.3) is 0 Å². The molecule has 1 aliphatic rings. The molecule has 1 aromatic heterocycles. The van der Waals surface area contributed by atoms with Crippen molar-refractivity contribution in [2.75, 3.05) is 5.75 Å². The fourth-order valence-corrected chi connectivity index (χ4v) is 3.07. The Morgan fingerprint density at radius 2 is 1.79 bits per heavy atom. The van der Waals surface area contributed by atoms with Crippen LogP contribution < -0.4 is 4.74 Å². The highest BCUT2D eigenvalue weighted by atomic mass is 32.2. The zero-order valence-corrected chi connectivity index (χ0v) is 17.2. The zero-order chi connectivity index (χ0) is 17.1. The van der Waals surface area contributed by atoms with Gasteiger partial charge in [-0.15, -0.1) is 11.8 Å². The third-order valence-corrected chi connectivity index (χ3v) is 4.08. The molecule has 1 fully saturated rings. The Morgan fingerprint density at radius 3 is 2.21 bits per heavy atom. The summed E-state index contributed by atoms with van der Waals surface area (Å²) < 4.78 is 5.94. The van der Waals surface area contributed by atoms with Crippen LogP contribution in [0.1, 0.15) is 67.0 Å². The van der Waals surface area contributed by atoms with E-state index in [2.05, 4.69) is 31.5 Å². The van der Waals surface area contributed by atoms with E-state index in [4.69, 9.17) is 4.74 Å². The third-order valence-electron chi connectivity index (χ3n) is 3.16. The Bertz CT molecular complexity index is 446. The second-order valence-electron chi connectivity index (χ2n) is 5.05. The van der Waals surface area contributed by atoms with Crippen LogP contribution in [0, 0.1) is 5.92 Å². The average molecular weight is 360 g/mol. The zero-order valence-electron chi connectivity index (χ0n) is 16.4. The Kier molecular flexibility index (Phi) is 17.9. The molecule has 1 aliphatic carbocycles. The summed E-state index contributed by atoms with van der Waals surface area (Å²) in [6.07, 6.45) is 4.54. The molecule has 0 aliphatic heterocycles. The molecule has 24 heavy (non-hydrogen) atoms. The maximum Gasteiger partial charge on any atom is 0.139 e. The van der Waals surface area contributed by atoms with E-state index >= 15 is 0 Å². The first kappa shape index (κ1) is 27.8. The van der Waals surface area contributed by atoms with Gasteiger partial charge >= 0.3 is 0 Å². The highest BCUT2D eigenvalue weighted by Gasteiger charge is 2.27. The average Bonchev–Trinajstić information content (AvgIpc) is 2.50. The van der Waals surface area contributed by atoms with Gasteiger partial charge in [-0.1, -0.05) is 48.1 Å². The van der Waals surface area contributed by atoms with Gasteiger partial charge in [0.15, 0.2) is 0 Å². The monoisotopic (exact) mass is 359 g/mol. The van der Waals surface area contributed by atoms with Gasteiger partial charge in [-0.3, -0.25) is 4.98 Å². The van der Waals surface area contributed by atoms with Gasteiger partial charge in [0.1, 0.15) is 5.75 Å². The first-order valence-corrected chi connectivity index (χ1v) is 9.54. The van der Waals surface area contributed by atoms with Crippen molar-refractivity contribution < 1.29 is 15.7 Å². The summed E-state index contributed by atoms with van der Waals surface area (Å²) in [7, 11) is 0. The largest absolute Gasteiger partial charge is 0.489 e. The molecular weight excluding hydrogens is 322 g/mol. The SMILES string of the molecule is C=C(C)c1ncc(OC2CC(C)C2)cc1SCC.CC.CC.O.O. The lowest BCUT2D eigenvalue weighted by Gasteiger charge is -2.32. The Hall–Kier alpha value is -1.04. The van der Waals surface area contributed by atoms with Gasteiger partial charge in [0.05, 0.1) is 18.0 Å². The number of thioether (sulfide) groups is 1. The number of hydrogen-bond donors (Lipinski definition) is 0. The predicted molar refractivity (Wildman–Crippen MR) is 108 cm³/mol. The molecule has 0 amide bonds. The molecule has 2 rings (SSSR count). The second-order valence-corrected chi connectivity index (χ2v) is 6.35. The van der Waals surface area contributed by atoms with Crippen molar-refractivity contribution in [3.8, 4) is 5.75 Å². The molecule has 1 saturated carbocycles. The van der Waals surface area contributed by atoms with Crippen LogP contribution in [0.15, 0.2) is 23.7 Å². The summed E-state index contributed by atoms with van der Waals surface area (Å²) in [5, 5.41) is 0. The van der Waals surface area contributed by atoms with Crippen molar-refractivity contribution in [3.63, 3.8) is 0 Å². The van der Waals surface area contributed by atoms with Gasteiger partial charge in [-0.25, -0.2) is 0 Å². The highest BCUT2D eigenvalue weighted by Crippen LogP contribution is 2.33. The molecule has 0 atom stereocenters. The van der Waals surface area contributed by atoms with Crippen molar-refractivity contribution in [1.82, 2.24) is 4.98 Å². The predicted octanol–water partition coefficient (Wildman–Crippen LogP) is 4.81. The van der Waals surface area contributed by atoms with Gasteiger partial charge in [-0.2, -0.15) is 0 Å². The first-order chi connectivity index (χ1) is 10.6. The Morgan fingerprint density at radius 1 is 1.25 bits per heavy atom. The normalized spacial score (nSPS) is 17.3. The highest BCUT2D eigenvalue weighted by molar-refractivity contribution is 7.99. The molecule has 0 radical (unpaired) electrons. The van der Waals surface area contributed by atoms with E-state index in [1.807, 2.05) is 40.8 Å². The van der Waals surface area contributed by atoms with E-state index in [-0.39, 0.29) is 11.0 Å². The summed E-state index contributed by atoms with van der Waals surface area (Å²) in [5.74, 6) is 2.74. The molecule has 0 saturated heterocycles. The van der Waals surface area contributed by atoms with Crippen LogP contribution in [-0.4, -0.2) is 27.8 Å². The number of allylic oxidation sites excluding steroid dienone is 1. The van der Waals surface area contributed by atoms with E-state index in [9.17, 15) is 0 Å². The summed E-state index contributed by atoms with van der Waals surface area (Å²) in [5.41, 5.74) is 2.01. The molecule has 4 nitrogen and oxygen atoms in total. The van der Waals surface area contributed by atoms with Gasteiger partial charge in [0.2, 0.25) is 0 Å². The van der Waals surface area contributed by atoms with E-state index in [1.54, 1.807) is 11.8 Å². The van der Waals surface area contributed by atoms with Gasteiger partial charge in [0, 0.05) is 4.90 Å². The van der Waals surface area contributed by atoms with Crippen molar-refractivity contribution in [1.29, 1.82) is 0 Å². The van der Waals surface area contributed by atoms with E-state index in [0.29, 0.717) is 6.10 Å². The summed E-state index contributed by atoms with van der Waals surface area (Å²) in [4.78, 5) is 5.66. The molecule has 0 bridgehead atoms. The summed E-state index contributed by atoms with van der Waals surface area (Å²) >= 11 is 1.79. The number of aromatic nitrogens is 1. The Balaban J connectivity index is -0.000000684. The molecule has 1 aromatic rings. The van der Waals surface area contributed by atoms with Crippen LogP contribution in [-0.2, 0) is 0 Å². The minimum Gasteiger partial charge on any atom is -0.489 e. The lowest BCUT2D eigenvalue weighted by atomic mass is 9.84. The number of pyridine rings is 1. The van der Waals surface area contributed by atoms with Crippen molar-refractivity contribution in [3.05, 3.63) is 24.5 Å². The molecule has 1 heterocycles. The van der Waals surface area contributed by atoms with Crippen LogP contribution in [0.3, 0.4) is 0 Å². The van der Waals surface area contributed by atoms with Crippen LogP contribution in [0.5, 0.6) is 5.75 Å². The molecule has 0 spiro atoms. The molecule has 4 N–H and O–H groups in total. The maximum atomic E-state index is 5.94. The molecule has 0 unspecified atom stereocenters. The minimum atomic E-state index is 0. The lowest BCUT2D eigenvalue weighted by molar-refractivity contribution is 0.0733. The standard InChI is InChI=1S/C15H21NOS.2C2H6.2H2O/c1-5-18-14-8-13(9-16-15(14)10(2)3)17-12-6-11(4)7-12;2*1-2;;/h8-9,11-12H,2,5-7H2,1,3-4H3;2*1-2H3;2*1H2. The quantitative estimate of drug-likeness (QED) is 0.707. The lowest BCUT2D eigenvalue weighted by Crippen LogP contribution is -2.31. The van der Waals surface area contributed by atoms with E-state index < -0.39 is 0 Å².